The van der Waals surface area contributed by atoms with Gasteiger partial charge in [-0.05, 0) is 41.7 Å². The number of ether oxygens (including phenoxy) is 1. The Morgan fingerprint density at radius 1 is 1.18 bits per heavy atom. The molecule has 2 aromatic rings. The van der Waals surface area contributed by atoms with Crippen molar-refractivity contribution >= 4 is 11.8 Å². The molecule has 2 amide bonds. The quantitative estimate of drug-likeness (QED) is 0.863. The van der Waals surface area contributed by atoms with Gasteiger partial charge in [0.05, 0.1) is 13.2 Å². The first-order valence-electron chi connectivity index (χ1n) is 9.79. The maximum atomic E-state index is 12.7. The summed E-state index contributed by atoms with van der Waals surface area (Å²) in [6.07, 6.45) is 6.82. The Balaban J connectivity index is 1.56. The van der Waals surface area contributed by atoms with Gasteiger partial charge < -0.3 is 15.4 Å². The Morgan fingerprint density at radius 2 is 1.96 bits per heavy atom. The van der Waals surface area contributed by atoms with Crippen molar-refractivity contribution in [1.29, 1.82) is 0 Å². The van der Waals surface area contributed by atoms with Gasteiger partial charge in [-0.1, -0.05) is 30.7 Å². The van der Waals surface area contributed by atoms with Crippen LogP contribution in [0.4, 0.5) is 0 Å². The molecule has 4 rings (SSSR count). The van der Waals surface area contributed by atoms with Gasteiger partial charge in [-0.2, -0.15) is 0 Å². The summed E-state index contributed by atoms with van der Waals surface area (Å²) in [7, 11) is 0. The number of carbonyl (C=O) groups is 2. The minimum Gasteiger partial charge on any atom is -0.367 e. The summed E-state index contributed by atoms with van der Waals surface area (Å²) in [6, 6.07) is 11.9. The van der Waals surface area contributed by atoms with Crippen LogP contribution >= 0.6 is 0 Å². The maximum absolute atomic E-state index is 12.7. The predicted octanol–water partition coefficient (Wildman–Crippen LogP) is 2.17. The highest BCUT2D eigenvalue weighted by molar-refractivity contribution is 5.86. The molecule has 0 bridgehead atoms. The Kier molecular flexibility index (Phi) is 5.13. The SMILES string of the molecule is NC(=O)[C@]1(Cc2cccc(-c3ccncc3)c2)CN(C(=O)C2CCC2)CCO1. The molecule has 2 fully saturated rings. The smallest absolute Gasteiger partial charge is 0.251 e. The lowest BCUT2D eigenvalue weighted by atomic mass is 9.83. The van der Waals surface area contributed by atoms with E-state index in [-0.39, 0.29) is 18.4 Å². The molecule has 2 N–H and O–H groups in total. The molecule has 6 nitrogen and oxygen atoms in total. The van der Waals surface area contributed by atoms with Crippen molar-refractivity contribution in [1.82, 2.24) is 9.88 Å². The number of benzene rings is 1. The number of carbonyl (C=O) groups excluding carboxylic acids is 2. The molecule has 1 aromatic heterocycles. The number of hydrogen-bond acceptors (Lipinski definition) is 4. The monoisotopic (exact) mass is 379 g/mol. The number of primary amides is 1. The molecule has 1 aromatic carbocycles. The van der Waals surface area contributed by atoms with E-state index in [0.717, 1.165) is 36.0 Å². The molecule has 0 spiro atoms. The second-order valence-electron chi connectivity index (χ2n) is 7.71. The van der Waals surface area contributed by atoms with Crippen molar-refractivity contribution < 1.29 is 14.3 Å². The summed E-state index contributed by atoms with van der Waals surface area (Å²) in [5.41, 5.74) is 7.63. The number of amides is 2. The number of rotatable bonds is 5. The van der Waals surface area contributed by atoms with Gasteiger partial charge in [0.2, 0.25) is 5.91 Å². The highest BCUT2D eigenvalue weighted by Gasteiger charge is 2.45. The average Bonchev–Trinajstić information content (AvgIpc) is 2.67. The first kappa shape index (κ1) is 18.6. The Bertz CT molecular complexity index is 866. The molecule has 28 heavy (non-hydrogen) atoms. The first-order valence-corrected chi connectivity index (χ1v) is 9.79. The molecule has 6 heteroatoms. The third-order valence-electron chi connectivity index (χ3n) is 5.83. The molecule has 1 saturated carbocycles. The molecule has 1 aliphatic carbocycles. The Morgan fingerprint density at radius 3 is 2.64 bits per heavy atom. The highest BCUT2D eigenvalue weighted by Crippen LogP contribution is 2.31. The van der Waals surface area contributed by atoms with Crippen molar-refractivity contribution in [2.75, 3.05) is 19.7 Å². The second-order valence-corrected chi connectivity index (χ2v) is 7.71. The zero-order chi connectivity index (χ0) is 19.6. The van der Waals surface area contributed by atoms with Gasteiger partial charge >= 0.3 is 0 Å². The molecule has 1 atom stereocenters. The van der Waals surface area contributed by atoms with E-state index in [4.69, 9.17) is 10.5 Å². The Labute approximate surface area is 164 Å². The third kappa shape index (κ3) is 3.64. The minimum absolute atomic E-state index is 0.0960. The van der Waals surface area contributed by atoms with Crippen molar-refractivity contribution in [2.45, 2.75) is 31.3 Å². The fraction of sp³-hybridized carbons (Fsp3) is 0.409. The van der Waals surface area contributed by atoms with Crippen LogP contribution in [0.5, 0.6) is 0 Å². The number of nitrogens with zero attached hydrogens (tertiary/aromatic N) is 2. The molecule has 0 unspecified atom stereocenters. The number of aromatic nitrogens is 1. The van der Waals surface area contributed by atoms with E-state index in [9.17, 15) is 9.59 Å². The van der Waals surface area contributed by atoms with E-state index >= 15 is 0 Å². The summed E-state index contributed by atoms with van der Waals surface area (Å²) in [5.74, 6) is -0.294. The first-order chi connectivity index (χ1) is 13.6. The standard InChI is InChI=1S/C22H25N3O3/c23-21(27)22(15-25(11-12-28-22)20(26)18-4-2-5-18)14-16-3-1-6-19(13-16)17-7-9-24-10-8-17/h1,3,6-10,13,18H,2,4-5,11-12,14-15H2,(H2,23,27)/t22-/m0/s1. The second kappa shape index (κ2) is 7.72. The predicted molar refractivity (Wildman–Crippen MR) is 105 cm³/mol. The zero-order valence-corrected chi connectivity index (χ0v) is 15.8. The van der Waals surface area contributed by atoms with Crippen molar-refractivity contribution in [2.24, 2.45) is 11.7 Å². The lowest BCUT2D eigenvalue weighted by Gasteiger charge is -2.42. The fourth-order valence-corrected chi connectivity index (χ4v) is 3.96. The summed E-state index contributed by atoms with van der Waals surface area (Å²) < 4.78 is 5.91. The molecule has 2 aliphatic rings. The maximum Gasteiger partial charge on any atom is 0.251 e. The van der Waals surface area contributed by atoms with E-state index in [1.54, 1.807) is 17.3 Å². The summed E-state index contributed by atoms with van der Waals surface area (Å²) >= 11 is 0. The van der Waals surface area contributed by atoms with E-state index in [0.29, 0.717) is 19.6 Å². The number of pyridine rings is 1. The van der Waals surface area contributed by atoms with Crippen LogP contribution in [0, 0.1) is 5.92 Å². The van der Waals surface area contributed by atoms with Crippen molar-refractivity contribution in [3.63, 3.8) is 0 Å². The third-order valence-corrected chi connectivity index (χ3v) is 5.83. The largest absolute Gasteiger partial charge is 0.367 e. The van der Waals surface area contributed by atoms with Crippen molar-refractivity contribution in [3.05, 3.63) is 54.4 Å². The van der Waals surface area contributed by atoms with Gasteiger partial charge in [0.25, 0.3) is 5.91 Å². The van der Waals surface area contributed by atoms with Gasteiger partial charge in [0.1, 0.15) is 0 Å². The van der Waals surface area contributed by atoms with Gasteiger partial charge in [-0.3, -0.25) is 14.6 Å². The van der Waals surface area contributed by atoms with Gasteiger partial charge in [0.15, 0.2) is 5.60 Å². The molecule has 1 aliphatic heterocycles. The van der Waals surface area contributed by atoms with Crippen LogP contribution < -0.4 is 5.73 Å². The fourth-order valence-electron chi connectivity index (χ4n) is 3.96. The van der Waals surface area contributed by atoms with Crippen LogP contribution in [0.3, 0.4) is 0 Å². The lowest BCUT2D eigenvalue weighted by molar-refractivity contribution is -0.166. The summed E-state index contributed by atoms with van der Waals surface area (Å²) in [5, 5.41) is 0. The Hall–Kier alpha value is -2.73. The minimum atomic E-state index is -1.19. The van der Waals surface area contributed by atoms with Gasteiger partial charge in [-0.25, -0.2) is 0 Å². The summed E-state index contributed by atoms with van der Waals surface area (Å²) in [6.45, 7) is 1.06. The summed E-state index contributed by atoms with van der Waals surface area (Å²) in [4.78, 5) is 30.9. The van der Waals surface area contributed by atoms with Crippen LogP contribution in [0.1, 0.15) is 24.8 Å². The molecule has 0 radical (unpaired) electrons. The topological polar surface area (TPSA) is 85.5 Å². The van der Waals surface area contributed by atoms with E-state index in [2.05, 4.69) is 4.98 Å². The van der Waals surface area contributed by atoms with E-state index in [1.165, 1.54) is 0 Å². The number of morpholine rings is 1. The molecule has 1 saturated heterocycles. The van der Waals surface area contributed by atoms with Gasteiger partial charge in [-0.15, -0.1) is 0 Å². The number of hydrogen-bond donors (Lipinski definition) is 1. The average molecular weight is 379 g/mol. The highest BCUT2D eigenvalue weighted by atomic mass is 16.5. The zero-order valence-electron chi connectivity index (χ0n) is 15.8. The van der Waals surface area contributed by atoms with Crippen molar-refractivity contribution in [3.8, 4) is 11.1 Å². The van der Waals surface area contributed by atoms with Crippen LogP contribution in [0.25, 0.3) is 11.1 Å². The molecular formula is C22H25N3O3. The van der Waals surface area contributed by atoms with Crippen LogP contribution in [-0.4, -0.2) is 47.0 Å². The normalized spacial score (nSPS) is 22.5. The van der Waals surface area contributed by atoms with E-state index in [1.807, 2.05) is 36.4 Å². The van der Waals surface area contributed by atoms with E-state index < -0.39 is 11.5 Å². The van der Waals surface area contributed by atoms with Gasteiger partial charge in [0, 0.05) is 31.3 Å². The molecular weight excluding hydrogens is 354 g/mol. The van der Waals surface area contributed by atoms with Crippen LogP contribution in [0.15, 0.2) is 48.8 Å². The molecule has 146 valence electrons. The van der Waals surface area contributed by atoms with Crippen LogP contribution in [0.2, 0.25) is 0 Å². The molecule has 2 heterocycles. The lowest BCUT2D eigenvalue weighted by Crippen LogP contribution is -2.62. The van der Waals surface area contributed by atoms with Crippen LogP contribution in [-0.2, 0) is 20.7 Å². The number of nitrogens with two attached hydrogens (primary N) is 1.